The zero-order chi connectivity index (χ0) is 16.2. The van der Waals surface area contributed by atoms with Gasteiger partial charge in [-0.05, 0) is 0 Å². The number of pyridine rings is 2. The first-order valence-electron chi connectivity index (χ1n) is 5.15. The van der Waals surface area contributed by atoms with E-state index in [1.54, 1.807) is 0 Å². The van der Waals surface area contributed by atoms with Crippen LogP contribution in [0.25, 0.3) is 0 Å². The SMILES string of the molecule is Cl.Cl.[O]=[Cr](=[O])([O-])[O][Cr](=[O])(=[O])[O-].c1cc[nH+]cc1.c1cc[nH+]cc1. The molecule has 0 fully saturated rings. The van der Waals surface area contributed by atoms with Crippen LogP contribution in [0.4, 0.5) is 0 Å². The molecule has 9 nitrogen and oxygen atoms in total. The van der Waals surface area contributed by atoms with Crippen molar-refractivity contribution in [2.24, 2.45) is 0 Å². The van der Waals surface area contributed by atoms with Gasteiger partial charge in [-0.15, -0.1) is 24.8 Å². The summed E-state index contributed by atoms with van der Waals surface area (Å²) in [5.41, 5.74) is 0. The number of H-pyrrole nitrogens is 2. The van der Waals surface area contributed by atoms with Crippen molar-refractivity contribution in [1.82, 2.24) is 0 Å². The minimum atomic E-state index is -6.07. The summed E-state index contributed by atoms with van der Waals surface area (Å²) in [7, 11) is 0. The van der Waals surface area contributed by atoms with Crippen LogP contribution in [0.1, 0.15) is 0 Å². The van der Waals surface area contributed by atoms with E-state index in [1.807, 2.05) is 61.2 Å². The summed E-state index contributed by atoms with van der Waals surface area (Å²) in [6, 6.07) is 11.7. The second-order valence-electron chi connectivity index (χ2n) is 3.04. The second-order valence-corrected chi connectivity index (χ2v) is 6.68. The fourth-order valence-electron chi connectivity index (χ4n) is 0.786. The van der Waals surface area contributed by atoms with Gasteiger partial charge in [-0.1, -0.05) is 12.1 Å². The third kappa shape index (κ3) is 26.3. The first kappa shape index (κ1) is 26.9. The fraction of sp³-hybridized carbons (Fsp3) is 0. The average Bonchev–Trinajstić information content (AvgIpc) is 2.40. The largest absolute Gasteiger partial charge is 0.218 e. The van der Waals surface area contributed by atoms with Crippen molar-refractivity contribution in [3.05, 3.63) is 61.2 Å². The normalized spacial score (nSPS) is 9.48. The van der Waals surface area contributed by atoms with Gasteiger partial charge in [-0.2, -0.15) is 0 Å². The Labute approximate surface area is 149 Å². The molecule has 2 heterocycles. The second kappa shape index (κ2) is 14.6. The first-order valence-corrected chi connectivity index (χ1v) is 9.32. The Morgan fingerprint density at radius 1 is 0.609 bits per heavy atom. The molecular weight excluding hydrogens is 435 g/mol. The van der Waals surface area contributed by atoms with E-state index in [0.29, 0.717) is 0 Å². The van der Waals surface area contributed by atoms with Gasteiger partial charge in [0.05, 0.1) is 0 Å². The monoisotopic (exact) mass is 448 g/mol. The maximum absolute atomic E-state index is 9.38. The third-order valence-corrected chi connectivity index (χ3v) is 4.05. The van der Waals surface area contributed by atoms with Crippen molar-refractivity contribution in [2.75, 3.05) is 0 Å². The van der Waals surface area contributed by atoms with E-state index in [0.717, 1.165) is 0 Å². The van der Waals surface area contributed by atoms with E-state index >= 15 is 0 Å². The molecule has 13 heteroatoms. The molecule has 0 aromatic carbocycles. The van der Waals surface area contributed by atoms with Crippen LogP contribution in [0, 0.1) is 0 Å². The molecule has 2 aromatic heterocycles. The Hall–Kier alpha value is -0.975. The van der Waals surface area contributed by atoms with Crippen LogP contribution in [0.2, 0.25) is 0 Å². The Kier molecular flexibility index (Phi) is 17.1. The van der Waals surface area contributed by atoms with Gasteiger partial charge in [0.25, 0.3) is 0 Å². The number of hydrogen-bond donors (Lipinski definition) is 0. The summed E-state index contributed by atoms with van der Waals surface area (Å²) in [5, 5.41) is 0. The molecule has 0 amide bonds. The zero-order valence-corrected chi connectivity index (χ0v) is 15.4. The van der Waals surface area contributed by atoms with Gasteiger partial charge in [-0.25, -0.2) is 9.97 Å². The molecule has 0 aliphatic heterocycles. The minimum Gasteiger partial charge on any atom is -0.218 e. The maximum Gasteiger partial charge on any atom is 0.166 e. The summed E-state index contributed by atoms with van der Waals surface area (Å²) >= 11 is -12.1. The molecule has 0 radical (unpaired) electrons. The quantitative estimate of drug-likeness (QED) is 0.566. The van der Waals surface area contributed by atoms with Crippen LogP contribution in [0.3, 0.4) is 0 Å². The minimum absolute atomic E-state index is 0. The van der Waals surface area contributed by atoms with Crippen LogP contribution in [-0.4, -0.2) is 0 Å². The average molecular weight is 449 g/mol. The van der Waals surface area contributed by atoms with Crippen LogP contribution in [0.15, 0.2) is 61.2 Å². The standard InChI is InChI=1S/2C5H5N.2ClH.2Cr.7O/c2*1-2-4-6-5-3-1;;;;;;;;;;;/h2*1-5H;2*1H;;;;;;;;;/q;;;;;;;;;;;2*-1/p+2. The molecule has 132 valence electrons. The first-order chi connectivity index (χ1) is 9.71. The van der Waals surface area contributed by atoms with Crippen LogP contribution in [-0.2, 0) is 45.3 Å². The maximum atomic E-state index is 9.38. The Balaban J connectivity index is -0.000000255. The summed E-state index contributed by atoms with van der Waals surface area (Å²) in [4.78, 5) is 5.78. The molecule has 0 unspecified atom stereocenters. The van der Waals surface area contributed by atoms with Crippen molar-refractivity contribution in [3.63, 3.8) is 0 Å². The Morgan fingerprint density at radius 3 is 0.913 bits per heavy atom. The number of hydrogen-bond acceptors (Lipinski definition) is 7. The van der Waals surface area contributed by atoms with E-state index < -0.39 is 27.2 Å². The number of aromatic nitrogens is 2. The third-order valence-electron chi connectivity index (χ3n) is 1.38. The van der Waals surface area contributed by atoms with Gasteiger partial charge in [0, 0.05) is 24.3 Å². The Morgan fingerprint density at radius 2 is 0.870 bits per heavy atom. The Bertz CT molecular complexity index is 571. The predicted molar refractivity (Wildman–Crippen MR) is 64.3 cm³/mol. The van der Waals surface area contributed by atoms with E-state index in [1.165, 1.54) is 0 Å². The summed E-state index contributed by atoms with van der Waals surface area (Å²) < 4.78 is 58.9. The summed E-state index contributed by atoms with van der Waals surface area (Å²) in [6.07, 6.45) is 7.50. The predicted octanol–water partition coefficient (Wildman–Crippen LogP) is -1.08. The number of aromatic amines is 2. The summed E-state index contributed by atoms with van der Waals surface area (Å²) in [6.45, 7) is 0. The molecule has 2 aromatic rings. The smallest absolute Gasteiger partial charge is 0.166 e. The van der Waals surface area contributed by atoms with Crippen molar-refractivity contribution >= 4 is 24.8 Å². The molecule has 0 spiro atoms. The summed E-state index contributed by atoms with van der Waals surface area (Å²) in [5.74, 6) is 0. The molecule has 0 saturated carbocycles. The molecule has 0 aliphatic carbocycles. The molecule has 0 saturated heterocycles. The van der Waals surface area contributed by atoms with Crippen LogP contribution in [0.5, 0.6) is 0 Å². The molecular formula is C10H14Cl2Cr2N2O7. The van der Waals surface area contributed by atoms with Crippen molar-refractivity contribution in [3.8, 4) is 0 Å². The molecule has 0 atom stereocenters. The van der Waals surface area contributed by atoms with E-state index in [2.05, 4.69) is 12.8 Å². The van der Waals surface area contributed by atoms with E-state index in [-0.39, 0.29) is 24.8 Å². The van der Waals surface area contributed by atoms with Crippen molar-refractivity contribution < 1.29 is 63.6 Å². The number of nitrogens with one attached hydrogen (secondary N) is 2. The van der Waals surface area contributed by atoms with Gasteiger partial charge in [0.2, 0.25) is 0 Å². The van der Waals surface area contributed by atoms with Crippen molar-refractivity contribution in [1.29, 1.82) is 0 Å². The van der Waals surface area contributed by atoms with Gasteiger partial charge < -0.3 is 0 Å². The van der Waals surface area contributed by atoms with Gasteiger partial charge in [-0.3, -0.25) is 0 Å². The molecule has 2 rings (SSSR count). The van der Waals surface area contributed by atoms with Gasteiger partial charge in [0.15, 0.2) is 24.8 Å². The van der Waals surface area contributed by atoms with Gasteiger partial charge >= 0.3 is 53.6 Å². The number of rotatable bonds is 2. The fourth-order valence-corrected chi connectivity index (χ4v) is 2.42. The van der Waals surface area contributed by atoms with E-state index in [9.17, 15) is 23.5 Å². The van der Waals surface area contributed by atoms with Gasteiger partial charge in [0.1, 0.15) is 0 Å². The molecule has 23 heavy (non-hydrogen) atoms. The van der Waals surface area contributed by atoms with Crippen molar-refractivity contribution in [2.45, 2.75) is 0 Å². The molecule has 2 N–H and O–H groups in total. The molecule has 0 aliphatic rings. The van der Waals surface area contributed by atoms with Crippen LogP contribution < -0.4 is 18.3 Å². The van der Waals surface area contributed by atoms with Crippen LogP contribution >= 0.6 is 24.8 Å². The molecule has 0 bridgehead atoms. The topological polar surface area (TPSA) is 152 Å². The zero-order valence-electron chi connectivity index (χ0n) is 11.3. The number of halogens is 2. The van der Waals surface area contributed by atoms with E-state index in [4.69, 9.17) is 0 Å².